The molecule has 0 bridgehead atoms. The maximum Gasteiger partial charge on any atom is 0.257 e. The van der Waals surface area contributed by atoms with Gasteiger partial charge in [0.15, 0.2) is 0 Å². The molecule has 4 aromatic rings. The molecule has 2 aliphatic rings. The summed E-state index contributed by atoms with van der Waals surface area (Å²) < 4.78 is 7.25. The van der Waals surface area contributed by atoms with Crippen molar-refractivity contribution in [1.82, 2.24) is 19.7 Å². The maximum absolute atomic E-state index is 13.2. The highest BCUT2D eigenvalue weighted by Gasteiger charge is 2.32. The Morgan fingerprint density at radius 3 is 2.38 bits per heavy atom. The fourth-order valence-corrected chi connectivity index (χ4v) is 5.20. The Labute approximate surface area is 233 Å². The highest BCUT2D eigenvalue weighted by atomic mass is 16.5. The lowest BCUT2D eigenvalue weighted by Crippen LogP contribution is -2.48. The first-order valence-electron chi connectivity index (χ1n) is 13.5. The van der Waals surface area contributed by atoms with Crippen LogP contribution >= 0.6 is 0 Å². The number of rotatable bonds is 6. The van der Waals surface area contributed by atoms with Crippen molar-refractivity contribution >= 4 is 23.3 Å². The smallest absolute Gasteiger partial charge is 0.257 e. The second kappa shape index (κ2) is 10.9. The molecule has 2 fully saturated rings. The Hall–Kier alpha value is -4.50. The Morgan fingerprint density at radius 2 is 1.70 bits per heavy atom. The van der Waals surface area contributed by atoms with Crippen LogP contribution in [0, 0.1) is 6.92 Å². The molecule has 0 radical (unpaired) electrons. The van der Waals surface area contributed by atoms with E-state index in [1.165, 1.54) is 5.56 Å². The number of nitrogens with one attached hydrogen (secondary N) is 1. The molecule has 2 aromatic heterocycles. The molecule has 0 unspecified atom stereocenters. The first-order valence-corrected chi connectivity index (χ1v) is 13.5. The number of hydrogen-bond donors (Lipinski definition) is 1. The number of benzene rings is 2. The summed E-state index contributed by atoms with van der Waals surface area (Å²) >= 11 is 0. The van der Waals surface area contributed by atoms with E-state index in [-0.39, 0.29) is 11.8 Å². The van der Waals surface area contributed by atoms with E-state index in [1.807, 2.05) is 47.8 Å². The average molecular weight is 537 g/mol. The van der Waals surface area contributed by atoms with Crippen LogP contribution in [0.15, 0.2) is 73.1 Å². The van der Waals surface area contributed by atoms with Gasteiger partial charge in [-0.15, -0.1) is 0 Å². The van der Waals surface area contributed by atoms with E-state index >= 15 is 0 Å². The lowest BCUT2D eigenvalue weighted by molar-refractivity contribution is 0.0602. The Kier molecular flexibility index (Phi) is 7.04. The topological polar surface area (TPSA) is 92.6 Å². The number of anilines is 2. The van der Waals surface area contributed by atoms with Gasteiger partial charge in [-0.3, -0.25) is 14.3 Å². The van der Waals surface area contributed by atoms with E-state index in [0.717, 1.165) is 35.7 Å². The number of ether oxygens (including phenoxy) is 1. The molecule has 4 heterocycles. The van der Waals surface area contributed by atoms with E-state index in [0.29, 0.717) is 49.0 Å². The van der Waals surface area contributed by atoms with Crippen LogP contribution in [0.5, 0.6) is 0 Å². The maximum atomic E-state index is 13.2. The summed E-state index contributed by atoms with van der Waals surface area (Å²) in [7, 11) is 1.93. The fourth-order valence-electron chi connectivity index (χ4n) is 5.20. The van der Waals surface area contributed by atoms with Crippen LogP contribution in [0.4, 0.5) is 11.5 Å². The van der Waals surface area contributed by atoms with Gasteiger partial charge in [0, 0.05) is 62.8 Å². The highest BCUT2D eigenvalue weighted by molar-refractivity contribution is 6.05. The van der Waals surface area contributed by atoms with E-state index in [4.69, 9.17) is 4.74 Å². The number of aryl methyl sites for hydroxylation is 2. The molecule has 2 amide bonds. The van der Waals surface area contributed by atoms with Gasteiger partial charge in [-0.2, -0.15) is 5.10 Å². The zero-order valence-electron chi connectivity index (χ0n) is 22.7. The van der Waals surface area contributed by atoms with Gasteiger partial charge in [0.2, 0.25) is 0 Å². The van der Waals surface area contributed by atoms with Crippen LogP contribution in [0.2, 0.25) is 0 Å². The first kappa shape index (κ1) is 25.8. The number of amides is 2. The summed E-state index contributed by atoms with van der Waals surface area (Å²) in [6, 6.07) is 19.6. The Balaban J connectivity index is 1.07. The molecule has 9 heteroatoms. The minimum Gasteiger partial charge on any atom is -0.378 e. The van der Waals surface area contributed by atoms with E-state index in [9.17, 15) is 9.59 Å². The number of nitrogens with zero attached hydrogens (tertiary/aromatic N) is 5. The molecule has 40 heavy (non-hydrogen) atoms. The SMILES string of the molecule is Cc1ccc(C(=O)N2CC(c3ccc(-c4ccnn4C)cc3)C2)cc1NC(=O)c1ccc(N2CCOCC2)nc1. The molecular weight excluding hydrogens is 504 g/mol. The molecule has 6 rings (SSSR count). The fraction of sp³-hybridized carbons (Fsp3) is 0.290. The van der Waals surface area contributed by atoms with E-state index in [1.54, 1.807) is 24.5 Å². The summed E-state index contributed by atoms with van der Waals surface area (Å²) in [5.41, 5.74) is 5.95. The summed E-state index contributed by atoms with van der Waals surface area (Å²) in [5, 5.41) is 7.20. The van der Waals surface area contributed by atoms with Crippen LogP contribution < -0.4 is 10.2 Å². The van der Waals surface area contributed by atoms with Gasteiger partial charge in [-0.05, 0) is 53.9 Å². The number of likely N-dealkylation sites (tertiary alicyclic amines) is 1. The molecule has 2 aromatic carbocycles. The van der Waals surface area contributed by atoms with Crippen molar-refractivity contribution in [2.24, 2.45) is 7.05 Å². The zero-order chi connectivity index (χ0) is 27.6. The average Bonchev–Trinajstić information content (AvgIpc) is 3.40. The number of pyridine rings is 1. The quantitative estimate of drug-likeness (QED) is 0.399. The standard InChI is InChI=1S/C31H32N6O3/c1-21-3-4-24(17-27(21)34-30(38)25-9-10-29(32-18-25)36-13-15-40-16-14-36)31(39)37-19-26(20-37)22-5-7-23(8-6-22)28-11-12-33-35(28)2/h3-12,17-18,26H,13-16,19-20H2,1-2H3,(H,34,38). The van der Waals surface area contributed by atoms with Gasteiger partial charge in [0.25, 0.3) is 11.8 Å². The number of carbonyl (C=O) groups excluding carboxylic acids is 2. The van der Waals surface area contributed by atoms with Gasteiger partial charge in [0.1, 0.15) is 5.82 Å². The molecule has 0 atom stereocenters. The molecule has 1 N–H and O–H groups in total. The molecule has 2 aliphatic heterocycles. The highest BCUT2D eigenvalue weighted by Crippen LogP contribution is 2.31. The molecule has 2 saturated heterocycles. The van der Waals surface area contributed by atoms with Gasteiger partial charge in [0.05, 0.1) is 24.5 Å². The number of aromatic nitrogens is 3. The molecule has 9 nitrogen and oxygen atoms in total. The number of carbonyl (C=O) groups is 2. The van der Waals surface area contributed by atoms with Crippen LogP contribution in [0.25, 0.3) is 11.3 Å². The largest absolute Gasteiger partial charge is 0.378 e. The van der Waals surface area contributed by atoms with Crippen molar-refractivity contribution in [1.29, 1.82) is 0 Å². The molecule has 0 spiro atoms. The van der Waals surface area contributed by atoms with Crippen molar-refractivity contribution in [3.05, 3.63) is 95.3 Å². The van der Waals surface area contributed by atoms with Gasteiger partial charge in [-0.25, -0.2) is 4.98 Å². The van der Waals surface area contributed by atoms with E-state index in [2.05, 4.69) is 44.6 Å². The van der Waals surface area contributed by atoms with Crippen molar-refractivity contribution in [2.45, 2.75) is 12.8 Å². The van der Waals surface area contributed by atoms with E-state index < -0.39 is 0 Å². The minimum absolute atomic E-state index is 0.0326. The predicted octanol–water partition coefficient (Wildman–Crippen LogP) is 4.12. The van der Waals surface area contributed by atoms with Crippen LogP contribution in [-0.4, -0.2) is 70.9 Å². The Bertz CT molecular complexity index is 1520. The Morgan fingerprint density at radius 1 is 0.950 bits per heavy atom. The second-order valence-corrected chi connectivity index (χ2v) is 10.4. The summed E-state index contributed by atoms with van der Waals surface area (Å²) in [4.78, 5) is 34.7. The normalized spacial score (nSPS) is 15.6. The lowest BCUT2D eigenvalue weighted by Gasteiger charge is -2.39. The summed E-state index contributed by atoms with van der Waals surface area (Å²) in [6.07, 6.45) is 3.38. The lowest BCUT2D eigenvalue weighted by atomic mass is 9.90. The third-order valence-electron chi connectivity index (χ3n) is 7.75. The molecule has 0 saturated carbocycles. The van der Waals surface area contributed by atoms with Crippen LogP contribution in [0.3, 0.4) is 0 Å². The number of morpholine rings is 1. The van der Waals surface area contributed by atoms with Crippen molar-refractivity contribution in [3.8, 4) is 11.3 Å². The van der Waals surface area contributed by atoms with Gasteiger partial charge < -0.3 is 19.9 Å². The van der Waals surface area contributed by atoms with Gasteiger partial charge >= 0.3 is 0 Å². The summed E-state index contributed by atoms with van der Waals surface area (Å²) in [5.74, 6) is 0.852. The zero-order valence-corrected chi connectivity index (χ0v) is 22.7. The minimum atomic E-state index is -0.257. The third-order valence-corrected chi connectivity index (χ3v) is 7.75. The first-order chi connectivity index (χ1) is 19.5. The van der Waals surface area contributed by atoms with Crippen LogP contribution in [0.1, 0.15) is 37.8 Å². The molecule has 204 valence electrons. The van der Waals surface area contributed by atoms with Crippen molar-refractivity contribution in [3.63, 3.8) is 0 Å². The third kappa shape index (κ3) is 5.20. The van der Waals surface area contributed by atoms with Crippen molar-refractivity contribution < 1.29 is 14.3 Å². The van der Waals surface area contributed by atoms with Gasteiger partial charge in [-0.1, -0.05) is 30.3 Å². The molecular formula is C31H32N6O3. The monoisotopic (exact) mass is 536 g/mol. The summed E-state index contributed by atoms with van der Waals surface area (Å²) in [6.45, 7) is 6.18. The second-order valence-electron chi connectivity index (χ2n) is 10.4. The molecule has 0 aliphatic carbocycles. The predicted molar refractivity (Wildman–Crippen MR) is 154 cm³/mol. The van der Waals surface area contributed by atoms with Crippen molar-refractivity contribution in [2.75, 3.05) is 49.6 Å². The van der Waals surface area contributed by atoms with Crippen LogP contribution in [-0.2, 0) is 11.8 Å². The number of hydrogen-bond acceptors (Lipinski definition) is 6.